The second kappa shape index (κ2) is 9.92. The fraction of sp³-hybridized carbons (Fsp3) is 0.789. The number of hydrogen-bond donors (Lipinski definition) is 0. The maximum absolute atomic E-state index is 12.7. The zero-order valence-electron chi connectivity index (χ0n) is 16.2. The average molecular weight is 351 g/mol. The molecule has 6 nitrogen and oxygen atoms in total. The lowest BCUT2D eigenvalue weighted by molar-refractivity contribution is -0.129. The molecule has 0 bridgehead atoms. The van der Waals surface area contributed by atoms with Crippen molar-refractivity contribution in [2.75, 3.05) is 66.5 Å². The van der Waals surface area contributed by atoms with Gasteiger partial charge in [-0.3, -0.25) is 9.59 Å². The minimum atomic E-state index is -0.0119. The van der Waals surface area contributed by atoms with Gasteiger partial charge >= 0.3 is 0 Å². The molecule has 25 heavy (non-hydrogen) atoms. The van der Waals surface area contributed by atoms with Crippen LogP contribution in [0, 0.1) is 0 Å². The van der Waals surface area contributed by atoms with Crippen LogP contribution in [0.4, 0.5) is 0 Å². The summed E-state index contributed by atoms with van der Waals surface area (Å²) in [6.45, 7) is 8.97. The second-order valence-corrected chi connectivity index (χ2v) is 7.47. The van der Waals surface area contributed by atoms with Gasteiger partial charge in [-0.2, -0.15) is 0 Å². The molecular weight excluding hydrogens is 316 g/mol. The lowest BCUT2D eigenvalue weighted by Crippen LogP contribution is -2.40. The van der Waals surface area contributed by atoms with Crippen LogP contribution in [-0.4, -0.2) is 97.9 Å². The molecule has 2 aliphatic rings. The second-order valence-electron chi connectivity index (χ2n) is 7.47. The number of carbonyl (C=O) groups is 2. The Morgan fingerprint density at radius 1 is 0.680 bits per heavy atom. The van der Waals surface area contributed by atoms with Gasteiger partial charge in [0.05, 0.1) is 0 Å². The van der Waals surface area contributed by atoms with E-state index in [9.17, 15) is 9.59 Å². The Morgan fingerprint density at radius 3 is 1.52 bits per heavy atom. The van der Waals surface area contributed by atoms with Gasteiger partial charge in [0.1, 0.15) is 0 Å². The van der Waals surface area contributed by atoms with E-state index < -0.39 is 0 Å². The van der Waals surface area contributed by atoms with Gasteiger partial charge in [0.25, 0.3) is 0 Å². The summed E-state index contributed by atoms with van der Waals surface area (Å²) in [5.41, 5.74) is 0.568. The summed E-state index contributed by atoms with van der Waals surface area (Å²) in [4.78, 5) is 33.7. The molecule has 0 unspecified atom stereocenters. The standard InChI is InChI=1S/C19H34N4O2/c1-17(19(25)23-14-6-10-21(3)11-7-15-23)16-18(24)22-12-4-8-20(2)9-5-13-22/h16H,4-15H2,1-3H3/b17-16+. The van der Waals surface area contributed by atoms with E-state index in [-0.39, 0.29) is 11.8 Å². The van der Waals surface area contributed by atoms with Crippen LogP contribution in [0.15, 0.2) is 11.6 Å². The first-order valence-corrected chi connectivity index (χ1v) is 9.61. The van der Waals surface area contributed by atoms with Crippen molar-refractivity contribution in [2.24, 2.45) is 0 Å². The van der Waals surface area contributed by atoms with Crippen molar-refractivity contribution in [1.82, 2.24) is 19.6 Å². The van der Waals surface area contributed by atoms with Gasteiger partial charge in [0, 0.05) is 37.8 Å². The Morgan fingerprint density at radius 2 is 1.08 bits per heavy atom. The molecule has 2 fully saturated rings. The molecule has 0 aromatic carbocycles. The molecule has 0 aliphatic carbocycles. The normalized spacial score (nSPS) is 22.8. The third kappa shape index (κ3) is 6.44. The SMILES string of the molecule is C/C(=C\C(=O)N1CCCN(C)CCC1)C(=O)N1CCCN(C)CCC1. The number of amides is 2. The van der Waals surface area contributed by atoms with E-state index in [1.165, 1.54) is 0 Å². The molecule has 0 radical (unpaired) electrons. The fourth-order valence-electron chi connectivity index (χ4n) is 3.58. The molecule has 0 saturated carbocycles. The first kappa shape index (κ1) is 19.9. The van der Waals surface area contributed by atoms with Gasteiger partial charge < -0.3 is 19.6 Å². The van der Waals surface area contributed by atoms with E-state index in [0.717, 1.165) is 78.0 Å². The first-order chi connectivity index (χ1) is 12.0. The van der Waals surface area contributed by atoms with Gasteiger partial charge in [0.15, 0.2) is 0 Å². The summed E-state index contributed by atoms with van der Waals surface area (Å²) in [5.74, 6) is 0.00635. The minimum Gasteiger partial charge on any atom is -0.339 e. The molecule has 2 aliphatic heterocycles. The molecule has 2 saturated heterocycles. The lowest BCUT2D eigenvalue weighted by atomic mass is 10.1. The van der Waals surface area contributed by atoms with E-state index in [1.54, 1.807) is 13.0 Å². The molecule has 0 atom stereocenters. The molecule has 2 rings (SSSR count). The molecule has 0 spiro atoms. The number of carbonyl (C=O) groups excluding carboxylic acids is 2. The third-order valence-electron chi connectivity index (χ3n) is 5.15. The summed E-state index contributed by atoms with van der Waals surface area (Å²) >= 11 is 0. The van der Waals surface area contributed by atoms with Crippen molar-refractivity contribution < 1.29 is 9.59 Å². The van der Waals surface area contributed by atoms with Crippen molar-refractivity contribution >= 4 is 11.8 Å². The van der Waals surface area contributed by atoms with Crippen molar-refractivity contribution in [2.45, 2.75) is 32.6 Å². The van der Waals surface area contributed by atoms with Crippen molar-refractivity contribution in [3.05, 3.63) is 11.6 Å². The van der Waals surface area contributed by atoms with Crippen LogP contribution in [0.25, 0.3) is 0 Å². The van der Waals surface area contributed by atoms with Crippen LogP contribution in [0.5, 0.6) is 0 Å². The Labute approximate surface area is 152 Å². The van der Waals surface area contributed by atoms with Crippen molar-refractivity contribution in [3.63, 3.8) is 0 Å². The maximum atomic E-state index is 12.7. The van der Waals surface area contributed by atoms with Gasteiger partial charge in [-0.15, -0.1) is 0 Å². The van der Waals surface area contributed by atoms with E-state index >= 15 is 0 Å². The Bertz CT molecular complexity index is 472. The molecular formula is C19H34N4O2. The van der Waals surface area contributed by atoms with E-state index in [4.69, 9.17) is 0 Å². The average Bonchev–Trinajstić information content (AvgIpc) is 2.53. The Hall–Kier alpha value is -1.40. The zero-order chi connectivity index (χ0) is 18.2. The predicted molar refractivity (Wildman–Crippen MR) is 100 cm³/mol. The highest BCUT2D eigenvalue weighted by Crippen LogP contribution is 2.10. The van der Waals surface area contributed by atoms with Crippen LogP contribution in [0.3, 0.4) is 0 Å². The van der Waals surface area contributed by atoms with Gasteiger partial charge in [0.2, 0.25) is 11.8 Å². The van der Waals surface area contributed by atoms with Crippen molar-refractivity contribution in [1.29, 1.82) is 0 Å². The number of nitrogens with zero attached hydrogens (tertiary/aromatic N) is 4. The topological polar surface area (TPSA) is 47.1 Å². The monoisotopic (exact) mass is 350 g/mol. The third-order valence-corrected chi connectivity index (χ3v) is 5.15. The highest BCUT2D eigenvalue weighted by atomic mass is 16.2. The van der Waals surface area contributed by atoms with E-state index in [1.807, 2.05) is 9.80 Å². The van der Waals surface area contributed by atoms with Crippen LogP contribution in [0.1, 0.15) is 32.6 Å². The first-order valence-electron chi connectivity index (χ1n) is 9.61. The van der Waals surface area contributed by atoms with Gasteiger partial charge in [-0.25, -0.2) is 0 Å². The lowest BCUT2D eigenvalue weighted by Gasteiger charge is -2.29. The van der Waals surface area contributed by atoms with Gasteiger partial charge in [-0.05, 0) is 72.9 Å². The summed E-state index contributed by atoms with van der Waals surface area (Å²) < 4.78 is 0. The summed E-state index contributed by atoms with van der Waals surface area (Å²) in [5, 5.41) is 0. The molecule has 2 heterocycles. The van der Waals surface area contributed by atoms with Crippen molar-refractivity contribution in [3.8, 4) is 0 Å². The van der Waals surface area contributed by atoms with Crippen LogP contribution < -0.4 is 0 Å². The Balaban J connectivity index is 1.91. The molecule has 6 heteroatoms. The molecule has 0 aromatic rings. The molecule has 142 valence electrons. The quantitative estimate of drug-likeness (QED) is 0.698. The van der Waals surface area contributed by atoms with E-state index in [2.05, 4.69) is 23.9 Å². The number of rotatable bonds is 2. The highest BCUT2D eigenvalue weighted by Gasteiger charge is 2.20. The number of hydrogen-bond acceptors (Lipinski definition) is 4. The van der Waals surface area contributed by atoms with E-state index in [0.29, 0.717) is 5.57 Å². The largest absolute Gasteiger partial charge is 0.339 e. The van der Waals surface area contributed by atoms with Crippen LogP contribution in [-0.2, 0) is 9.59 Å². The maximum Gasteiger partial charge on any atom is 0.249 e. The fourth-order valence-corrected chi connectivity index (χ4v) is 3.58. The smallest absolute Gasteiger partial charge is 0.249 e. The summed E-state index contributed by atoms with van der Waals surface area (Å²) in [7, 11) is 4.25. The highest BCUT2D eigenvalue weighted by molar-refractivity contribution is 6.00. The Kier molecular flexibility index (Phi) is 7.90. The van der Waals surface area contributed by atoms with Crippen LogP contribution >= 0.6 is 0 Å². The minimum absolute atomic E-state index is 0.0119. The predicted octanol–water partition coefficient (Wildman–Crippen LogP) is 1.04. The summed E-state index contributed by atoms with van der Waals surface area (Å²) in [6, 6.07) is 0. The summed E-state index contributed by atoms with van der Waals surface area (Å²) in [6.07, 6.45) is 5.51. The zero-order valence-corrected chi connectivity index (χ0v) is 16.2. The van der Waals surface area contributed by atoms with Crippen LogP contribution in [0.2, 0.25) is 0 Å². The molecule has 0 N–H and O–H groups in total. The molecule has 0 aromatic heterocycles. The van der Waals surface area contributed by atoms with Gasteiger partial charge in [-0.1, -0.05) is 0 Å². The molecule has 2 amide bonds.